The van der Waals surface area contributed by atoms with E-state index in [4.69, 9.17) is 10.8 Å². The summed E-state index contributed by atoms with van der Waals surface area (Å²) in [5.74, 6) is -2.24. The lowest BCUT2D eigenvalue weighted by molar-refractivity contribution is -0.139. The Hall–Kier alpha value is -2.37. The molecule has 0 aliphatic carbocycles. The molecule has 0 saturated carbocycles. The number of primary amides is 1. The van der Waals surface area contributed by atoms with Gasteiger partial charge in [0.15, 0.2) is 0 Å². The van der Waals surface area contributed by atoms with Gasteiger partial charge in [-0.05, 0) is 24.6 Å². The van der Waals surface area contributed by atoms with Crippen molar-refractivity contribution in [2.75, 3.05) is 0 Å². The lowest BCUT2D eigenvalue weighted by Gasteiger charge is -2.14. The third kappa shape index (κ3) is 4.38. The second-order valence-corrected chi connectivity index (χ2v) is 4.45. The van der Waals surface area contributed by atoms with Gasteiger partial charge >= 0.3 is 5.97 Å². The standard InChI is InChI=1S/C14H18N2O4/c1-2-3-7-11(14(19)20)16-13(18)10-6-4-5-9(8-10)12(15)17/h4-6,8,11H,2-3,7H2,1H3,(H2,15,17)(H,16,18)(H,19,20)/t11-/m0/s1. The van der Waals surface area contributed by atoms with Gasteiger partial charge in [-0.1, -0.05) is 25.8 Å². The van der Waals surface area contributed by atoms with E-state index in [1.807, 2.05) is 6.92 Å². The quantitative estimate of drug-likeness (QED) is 0.695. The van der Waals surface area contributed by atoms with Gasteiger partial charge < -0.3 is 16.2 Å². The molecule has 0 aromatic heterocycles. The van der Waals surface area contributed by atoms with Gasteiger partial charge in [-0.25, -0.2) is 4.79 Å². The van der Waals surface area contributed by atoms with Crippen LogP contribution < -0.4 is 11.1 Å². The van der Waals surface area contributed by atoms with Crippen LogP contribution in [0.2, 0.25) is 0 Å². The third-order valence-corrected chi connectivity index (χ3v) is 2.86. The molecule has 2 amide bonds. The summed E-state index contributed by atoms with van der Waals surface area (Å²) in [6.07, 6.45) is 1.92. The van der Waals surface area contributed by atoms with E-state index in [1.165, 1.54) is 24.3 Å². The Morgan fingerprint density at radius 3 is 2.50 bits per heavy atom. The minimum absolute atomic E-state index is 0.207. The van der Waals surface area contributed by atoms with Crippen LogP contribution in [0.25, 0.3) is 0 Å². The van der Waals surface area contributed by atoms with Gasteiger partial charge in [0.1, 0.15) is 6.04 Å². The van der Waals surface area contributed by atoms with Crippen LogP contribution in [0, 0.1) is 0 Å². The molecule has 0 aliphatic heterocycles. The van der Waals surface area contributed by atoms with E-state index in [0.717, 1.165) is 6.42 Å². The summed E-state index contributed by atoms with van der Waals surface area (Å²) >= 11 is 0. The van der Waals surface area contributed by atoms with Crippen LogP contribution in [0.3, 0.4) is 0 Å². The largest absolute Gasteiger partial charge is 0.480 e. The van der Waals surface area contributed by atoms with Crippen molar-refractivity contribution in [3.05, 3.63) is 35.4 Å². The molecule has 6 nitrogen and oxygen atoms in total. The molecule has 0 unspecified atom stereocenters. The van der Waals surface area contributed by atoms with Gasteiger partial charge in [0, 0.05) is 11.1 Å². The second-order valence-electron chi connectivity index (χ2n) is 4.45. The molecule has 1 aromatic carbocycles. The Morgan fingerprint density at radius 2 is 1.95 bits per heavy atom. The zero-order valence-electron chi connectivity index (χ0n) is 11.3. The number of carboxylic acids is 1. The molecule has 0 radical (unpaired) electrons. The van der Waals surface area contributed by atoms with E-state index in [2.05, 4.69) is 5.32 Å². The Bertz CT molecular complexity index is 514. The van der Waals surface area contributed by atoms with Crippen molar-refractivity contribution in [1.29, 1.82) is 0 Å². The number of benzene rings is 1. The van der Waals surface area contributed by atoms with Crippen molar-refractivity contribution in [3.8, 4) is 0 Å². The SMILES string of the molecule is CCCC[C@H](NC(=O)c1cccc(C(N)=O)c1)C(=O)O. The molecule has 6 heteroatoms. The summed E-state index contributed by atoms with van der Waals surface area (Å²) in [5, 5.41) is 11.5. The van der Waals surface area contributed by atoms with Crippen molar-refractivity contribution in [2.45, 2.75) is 32.2 Å². The Kier molecular flexibility index (Phi) is 5.71. The van der Waals surface area contributed by atoms with Gasteiger partial charge in [0.05, 0.1) is 0 Å². The maximum Gasteiger partial charge on any atom is 0.326 e. The summed E-state index contributed by atoms with van der Waals surface area (Å²) in [6.45, 7) is 1.94. The number of rotatable bonds is 7. The lowest BCUT2D eigenvalue weighted by atomic mass is 10.1. The van der Waals surface area contributed by atoms with Crippen molar-refractivity contribution >= 4 is 17.8 Å². The fraction of sp³-hybridized carbons (Fsp3) is 0.357. The van der Waals surface area contributed by atoms with Crippen molar-refractivity contribution in [2.24, 2.45) is 5.73 Å². The molecule has 108 valence electrons. The van der Waals surface area contributed by atoms with E-state index in [1.54, 1.807) is 0 Å². The highest BCUT2D eigenvalue weighted by Crippen LogP contribution is 2.07. The first kappa shape index (κ1) is 15.7. The van der Waals surface area contributed by atoms with Gasteiger partial charge in [-0.15, -0.1) is 0 Å². The monoisotopic (exact) mass is 278 g/mol. The minimum Gasteiger partial charge on any atom is -0.480 e. The number of nitrogens with one attached hydrogen (secondary N) is 1. The van der Waals surface area contributed by atoms with Crippen LogP contribution in [0.1, 0.15) is 46.9 Å². The molecule has 0 saturated heterocycles. The van der Waals surface area contributed by atoms with Gasteiger partial charge in [-0.3, -0.25) is 9.59 Å². The fourth-order valence-electron chi connectivity index (χ4n) is 1.72. The van der Waals surface area contributed by atoms with E-state index in [-0.39, 0.29) is 11.1 Å². The smallest absolute Gasteiger partial charge is 0.326 e. The summed E-state index contributed by atoms with van der Waals surface area (Å²) in [6, 6.07) is 4.93. The lowest BCUT2D eigenvalue weighted by Crippen LogP contribution is -2.40. The first-order chi connectivity index (χ1) is 9.45. The summed E-state index contributed by atoms with van der Waals surface area (Å²) in [5.41, 5.74) is 5.55. The molecule has 0 heterocycles. The molecule has 1 aromatic rings. The number of carboxylic acid groups (broad SMARTS) is 1. The molecule has 1 atom stereocenters. The van der Waals surface area contributed by atoms with Crippen LogP contribution >= 0.6 is 0 Å². The summed E-state index contributed by atoms with van der Waals surface area (Å²) in [4.78, 5) is 34.1. The van der Waals surface area contributed by atoms with Crippen molar-refractivity contribution < 1.29 is 19.5 Å². The van der Waals surface area contributed by atoms with Crippen LogP contribution in [0.15, 0.2) is 24.3 Å². The highest BCUT2D eigenvalue weighted by atomic mass is 16.4. The van der Waals surface area contributed by atoms with Crippen LogP contribution in [0.4, 0.5) is 0 Å². The van der Waals surface area contributed by atoms with Gasteiger partial charge in [0.2, 0.25) is 5.91 Å². The number of hydrogen-bond donors (Lipinski definition) is 3. The number of hydrogen-bond acceptors (Lipinski definition) is 3. The Morgan fingerprint density at radius 1 is 1.30 bits per heavy atom. The minimum atomic E-state index is -1.07. The average molecular weight is 278 g/mol. The predicted octanol–water partition coefficient (Wildman–Crippen LogP) is 1.16. The average Bonchev–Trinajstić information content (AvgIpc) is 2.42. The molecule has 0 spiro atoms. The third-order valence-electron chi connectivity index (χ3n) is 2.86. The summed E-state index contributed by atoms with van der Waals surface area (Å²) in [7, 11) is 0. The van der Waals surface area contributed by atoms with Gasteiger partial charge in [-0.2, -0.15) is 0 Å². The van der Waals surface area contributed by atoms with E-state index in [9.17, 15) is 14.4 Å². The number of aliphatic carboxylic acids is 1. The van der Waals surface area contributed by atoms with E-state index in [0.29, 0.717) is 12.8 Å². The highest BCUT2D eigenvalue weighted by Gasteiger charge is 2.20. The molecular formula is C14H18N2O4. The van der Waals surface area contributed by atoms with E-state index >= 15 is 0 Å². The number of carbonyl (C=O) groups is 3. The molecule has 4 N–H and O–H groups in total. The van der Waals surface area contributed by atoms with Gasteiger partial charge in [0.25, 0.3) is 5.91 Å². The number of unbranched alkanes of at least 4 members (excludes halogenated alkanes) is 1. The predicted molar refractivity (Wildman–Crippen MR) is 73.4 cm³/mol. The number of amides is 2. The first-order valence-electron chi connectivity index (χ1n) is 6.39. The molecule has 1 rings (SSSR count). The molecule has 0 bridgehead atoms. The molecular weight excluding hydrogens is 260 g/mol. The highest BCUT2D eigenvalue weighted by molar-refractivity contribution is 6.00. The molecule has 0 aliphatic rings. The second kappa shape index (κ2) is 7.28. The normalized spacial score (nSPS) is 11.7. The number of carbonyl (C=O) groups excluding carboxylic acids is 2. The first-order valence-corrected chi connectivity index (χ1v) is 6.39. The van der Waals surface area contributed by atoms with Crippen molar-refractivity contribution in [3.63, 3.8) is 0 Å². The maximum atomic E-state index is 12.0. The maximum absolute atomic E-state index is 12.0. The van der Waals surface area contributed by atoms with Crippen LogP contribution in [-0.2, 0) is 4.79 Å². The zero-order chi connectivity index (χ0) is 15.1. The Balaban J connectivity index is 2.80. The fourth-order valence-corrected chi connectivity index (χ4v) is 1.72. The van der Waals surface area contributed by atoms with Crippen LogP contribution in [-0.4, -0.2) is 28.9 Å². The topological polar surface area (TPSA) is 109 Å². The van der Waals surface area contributed by atoms with Crippen molar-refractivity contribution in [1.82, 2.24) is 5.32 Å². The summed E-state index contributed by atoms with van der Waals surface area (Å²) < 4.78 is 0. The van der Waals surface area contributed by atoms with Crippen LogP contribution in [0.5, 0.6) is 0 Å². The zero-order valence-corrected chi connectivity index (χ0v) is 11.3. The van der Waals surface area contributed by atoms with E-state index < -0.39 is 23.8 Å². The number of nitrogens with two attached hydrogens (primary N) is 1. The molecule has 0 fully saturated rings. The molecule has 20 heavy (non-hydrogen) atoms. The Labute approximate surface area is 117 Å².